The van der Waals surface area contributed by atoms with Crippen molar-refractivity contribution in [1.29, 1.82) is 5.26 Å². The van der Waals surface area contributed by atoms with Gasteiger partial charge in [-0.1, -0.05) is 19.1 Å². The van der Waals surface area contributed by atoms with Gasteiger partial charge in [0.15, 0.2) is 9.84 Å². The molecule has 0 unspecified atom stereocenters. The molecule has 8 nitrogen and oxygen atoms in total. The molecule has 1 aromatic carbocycles. The average molecular weight is 318 g/mol. The van der Waals surface area contributed by atoms with Gasteiger partial charge in [0.05, 0.1) is 16.3 Å². The van der Waals surface area contributed by atoms with Crippen molar-refractivity contribution in [3.8, 4) is 6.07 Å². The summed E-state index contributed by atoms with van der Waals surface area (Å²) in [5.41, 5.74) is 0.531. The molecule has 1 aromatic heterocycles. The van der Waals surface area contributed by atoms with E-state index in [1.54, 1.807) is 25.1 Å². The number of aromatic nitrogens is 4. The Balaban J connectivity index is 2.33. The number of nitrogens with one attached hydrogen (secondary N) is 2. The molecule has 1 heterocycles. The Bertz CT molecular complexity index is 805. The van der Waals surface area contributed by atoms with Gasteiger partial charge in [-0.25, -0.2) is 8.42 Å². The highest BCUT2D eigenvalue weighted by Crippen LogP contribution is 2.23. The van der Waals surface area contributed by atoms with Gasteiger partial charge in [0.2, 0.25) is 5.82 Å². The van der Waals surface area contributed by atoms with Gasteiger partial charge in [-0.3, -0.25) is 0 Å². The number of tetrazole rings is 1. The van der Waals surface area contributed by atoms with Gasteiger partial charge in [-0.05, 0) is 23.8 Å². The molecule has 0 aliphatic heterocycles. The summed E-state index contributed by atoms with van der Waals surface area (Å²) in [7, 11) is -3.37. The molecule has 0 amide bonds. The second kappa shape index (κ2) is 6.82. The van der Waals surface area contributed by atoms with Gasteiger partial charge < -0.3 is 5.32 Å². The number of nitrogens with zero attached hydrogens (tertiary/aromatic N) is 4. The second-order valence-corrected chi connectivity index (χ2v) is 6.44. The average Bonchev–Trinajstić information content (AvgIpc) is 3.02. The van der Waals surface area contributed by atoms with Crippen LogP contribution in [0.25, 0.3) is 5.57 Å². The van der Waals surface area contributed by atoms with Crippen LogP contribution in [-0.4, -0.2) is 34.8 Å². The fraction of sp³-hybridized carbons (Fsp3) is 0.231. The van der Waals surface area contributed by atoms with Crippen LogP contribution in [0.15, 0.2) is 35.4 Å². The molecule has 2 N–H and O–H groups in total. The fourth-order valence-electron chi connectivity index (χ4n) is 1.81. The lowest BCUT2D eigenvalue weighted by molar-refractivity contribution is 0.595. The molecule has 114 valence electrons. The highest BCUT2D eigenvalue weighted by molar-refractivity contribution is 7.91. The Labute approximate surface area is 127 Å². The predicted octanol–water partition coefficient (Wildman–Crippen LogP) is 1.36. The van der Waals surface area contributed by atoms with Crippen molar-refractivity contribution in [2.75, 3.05) is 11.1 Å². The Morgan fingerprint density at radius 1 is 1.45 bits per heavy atom. The Morgan fingerprint density at radius 2 is 2.23 bits per heavy atom. The maximum atomic E-state index is 12.2. The molecule has 0 aliphatic carbocycles. The number of aromatic amines is 1. The van der Waals surface area contributed by atoms with Crippen LogP contribution >= 0.6 is 0 Å². The number of hydrogen-bond acceptors (Lipinski definition) is 7. The summed E-state index contributed by atoms with van der Waals surface area (Å²) in [4.78, 5) is 0.193. The van der Waals surface area contributed by atoms with E-state index in [2.05, 4.69) is 25.9 Å². The van der Waals surface area contributed by atoms with Crippen molar-refractivity contribution in [3.05, 3.63) is 36.3 Å². The summed E-state index contributed by atoms with van der Waals surface area (Å²) in [6.07, 6.45) is 1.88. The molecule has 0 bridgehead atoms. The molecule has 9 heteroatoms. The molecule has 0 spiro atoms. The Kier molecular flexibility index (Phi) is 4.85. The fourth-order valence-corrected chi connectivity index (χ4v) is 3.31. The van der Waals surface area contributed by atoms with Crippen molar-refractivity contribution in [1.82, 2.24) is 20.6 Å². The van der Waals surface area contributed by atoms with Gasteiger partial charge in [-0.2, -0.15) is 10.5 Å². The van der Waals surface area contributed by atoms with E-state index >= 15 is 0 Å². The van der Waals surface area contributed by atoms with Crippen LogP contribution in [0.3, 0.4) is 0 Å². The number of sulfone groups is 1. The molecule has 2 aromatic rings. The summed E-state index contributed by atoms with van der Waals surface area (Å²) >= 11 is 0. The van der Waals surface area contributed by atoms with Gasteiger partial charge in [-0.15, -0.1) is 10.2 Å². The quantitative estimate of drug-likeness (QED) is 0.770. The summed E-state index contributed by atoms with van der Waals surface area (Å²) in [5.74, 6) is 0.189. The zero-order valence-corrected chi connectivity index (χ0v) is 12.6. The number of hydrogen-bond donors (Lipinski definition) is 2. The van der Waals surface area contributed by atoms with E-state index in [9.17, 15) is 8.42 Å². The molecule has 2 rings (SSSR count). The minimum absolute atomic E-state index is 0.0609. The molecular weight excluding hydrogens is 304 g/mol. The highest BCUT2D eigenvalue weighted by atomic mass is 32.2. The molecule has 0 atom stereocenters. The van der Waals surface area contributed by atoms with E-state index < -0.39 is 9.84 Å². The minimum atomic E-state index is -3.37. The highest BCUT2D eigenvalue weighted by Gasteiger charge is 2.17. The zero-order valence-electron chi connectivity index (χ0n) is 11.8. The van der Waals surface area contributed by atoms with Gasteiger partial charge in [0.1, 0.15) is 11.6 Å². The largest absolute Gasteiger partial charge is 0.359 e. The molecular formula is C13H14N6O2S. The third-order valence-corrected chi connectivity index (χ3v) is 4.75. The van der Waals surface area contributed by atoms with Crippen molar-refractivity contribution >= 4 is 21.1 Å². The summed E-state index contributed by atoms with van der Waals surface area (Å²) in [6.45, 7) is 1.80. The normalized spacial score (nSPS) is 11.9. The van der Waals surface area contributed by atoms with Crippen LogP contribution in [0.4, 0.5) is 5.69 Å². The van der Waals surface area contributed by atoms with Crippen LogP contribution in [0, 0.1) is 11.3 Å². The number of allylic oxidation sites excluding steroid dienone is 1. The van der Waals surface area contributed by atoms with Crippen LogP contribution in [-0.2, 0) is 9.84 Å². The Morgan fingerprint density at radius 3 is 2.86 bits per heavy atom. The summed E-state index contributed by atoms with van der Waals surface area (Å²) in [6, 6.07) is 8.45. The first kappa shape index (κ1) is 15.7. The van der Waals surface area contributed by atoms with Crippen LogP contribution < -0.4 is 5.32 Å². The monoisotopic (exact) mass is 318 g/mol. The maximum absolute atomic E-state index is 12.2. The molecule has 0 saturated carbocycles. The van der Waals surface area contributed by atoms with Crippen molar-refractivity contribution in [2.45, 2.75) is 18.2 Å². The standard InChI is InChI=1S/C13H14N6O2S/c1-2-7-22(20,21)12-6-4-3-5-11(12)15-9-10(8-14)13-16-18-19-17-13/h3-6,9,15H,2,7H2,1H3,(H,16,17,18,19). The molecule has 0 aliphatic rings. The number of nitriles is 1. The third-order valence-electron chi connectivity index (χ3n) is 2.77. The zero-order chi connectivity index (χ0) is 16.0. The number of anilines is 1. The summed E-state index contributed by atoms with van der Waals surface area (Å²) in [5, 5.41) is 25.0. The maximum Gasteiger partial charge on any atom is 0.216 e. The molecule has 0 fully saturated rings. The number of H-pyrrole nitrogens is 1. The lowest BCUT2D eigenvalue weighted by Gasteiger charge is -2.09. The van der Waals surface area contributed by atoms with Crippen LogP contribution in [0.2, 0.25) is 0 Å². The number of para-hydroxylation sites is 1. The molecule has 22 heavy (non-hydrogen) atoms. The first-order valence-corrected chi connectivity index (χ1v) is 8.16. The predicted molar refractivity (Wildman–Crippen MR) is 80.2 cm³/mol. The molecule has 0 saturated heterocycles. The topological polar surface area (TPSA) is 124 Å². The van der Waals surface area contributed by atoms with E-state index in [1.807, 2.05) is 6.07 Å². The lowest BCUT2D eigenvalue weighted by atomic mass is 10.3. The van der Waals surface area contributed by atoms with Crippen molar-refractivity contribution < 1.29 is 8.42 Å². The van der Waals surface area contributed by atoms with Crippen molar-refractivity contribution in [3.63, 3.8) is 0 Å². The number of rotatable bonds is 6. The lowest BCUT2D eigenvalue weighted by Crippen LogP contribution is -2.08. The first-order chi connectivity index (χ1) is 10.6. The van der Waals surface area contributed by atoms with E-state index in [0.29, 0.717) is 12.1 Å². The summed E-state index contributed by atoms with van der Waals surface area (Å²) < 4.78 is 24.5. The van der Waals surface area contributed by atoms with Crippen LogP contribution in [0.1, 0.15) is 19.2 Å². The smallest absolute Gasteiger partial charge is 0.216 e. The first-order valence-electron chi connectivity index (χ1n) is 6.51. The molecule has 0 radical (unpaired) electrons. The van der Waals surface area contributed by atoms with Crippen LogP contribution in [0.5, 0.6) is 0 Å². The van der Waals surface area contributed by atoms with E-state index in [1.165, 1.54) is 12.3 Å². The van der Waals surface area contributed by atoms with Crippen molar-refractivity contribution in [2.24, 2.45) is 0 Å². The SMILES string of the molecule is CCCS(=O)(=O)c1ccccc1NC=C(C#N)c1nn[nH]n1. The van der Waals surface area contributed by atoms with Gasteiger partial charge in [0, 0.05) is 6.20 Å². The third kappa shape index (κ3) is 3.48. The van der Waals surface area contributed by atoms with E-state index in [0.717, 1.165) is 0 Å². The van der Waals surface area contributed by atoms with E-state index in [-0.39, 0.29) is 22.0 Å². The van der Waals surface area contributed by atoms with Gasteiger partial charge in [0.25, 0.3) is 0 Å². The number of benzene rings is 1. The second-order valence-electron chi connectivity index (χ2n) is 4.36. The Hall–Kier alpha value is -2.73. The van der Waals surface area contributed by atoms with Gasteiger partial charge >= 0.3 is 0 Å². The minimum Gasteiger partial charge on any atom is -0.359 e. The van der Waals surface area contributed by atoms with E-state index in [4.69, 9.17) is 5.26 Å².